The van der Waals surface area contributed by atoms with Crippen LogP contribution in [0.4, 0.5) is 0 Å². The average molecular weight is 383 g/mol. The second-order valence-electron chi connectivity index (χ2n) is 5.47. The Morgan fingerprint density at radius 1 is 1.11 bits per heavy atom. The zero-order chi connectivity index (χ0) is 20.6. The minimum Gasteiger partial charge on any atom is -0.370 e. The van der Waals surface area contributed by atoms with Gasteiger partial charge in [-0.1, -0.05) is 0 Å². The van der Waals surface area contributed by atoms with E-state index < -0.39 is 29.8 Å². The molecule has 0 aliphatic carbocycles. The fourth-order valence-electron chi connectivity index (χ4n) is 2.01. The quantitative estimate of drug-likeness (QED) is 0.538. The lowest BCUT2D eigenvalue weighted by Crippen LogP contribution is -2.36. The highest BCUT2D eigenvalue weighted by atomic mass is 16.7. The van der Waals surface area contributed by atoms with E-state index in [4.69, 9.17) is 10.5 Å². The summed E-state index contributed by atoms with van der Waals surface area (Å²) >= 11 is 0. The Morgan fingerprint density at radius 2 is 1.63 bits per heavy atom. The van der Waals surface area contributed by atoms with Crippen LogP contribution < -0.4 is 5.73 Å². The first-order valence-corrected chi connectivity index (χ1v) is 8.18. The summed E-state index contributed by atoms with van der Waals surface area (Å²) in [4.78, 5) is 71.1. The highest BCUT2D eigenvalue weighted by molar-refractivity contribution is 6.13. The van der Waals surface area contributed by atoms with Crippen molar-refractivity contribution in [3.8, 4) is 0 Å². The maximum Gasteiger partial charge on any atom is 0.361 e. The predicted octanol–water partition coefficient (Wildman–Crippen LogP) is -1.19. The predicted molar refractivity (Wildman–Crippen MR) is 87.9 cm³/mol. The summed E-state index contributed by atoms with van der Waals surface area (Å²) in [5.74, 6) is -3.01. The number of hydrogen-bond acceptors (Lipinski definition) is 8. The van der Waals surface area contributed by atoms with Crippen molar-refractivity contribution in [2.24, 2.45) is 5.73 Å². The molecular formula is C16H21N3O8. The molecule has 1 atom stereocenters. The van der Waals surface area contributed by atoms with Crippen molar-refractivity contribution in [1.82, 2.24) is 9.96 Å². The van der Waals surface area contributed by atoms with E-state index in [1.807, 2.05) is 0 Å². The summed E-state index contributed by atoms with van der Waals surface area (Å²) in [5, 5.41) is 0.512. The molecular weight excluding hydrogens is 362 g/mol. The summed E-state index contributed by atoms with van der Waals surface area (Å²) < 4.78 is 4.96. The number of rotatable bonds is 7. The Bertz CT molecular complexity index is 639. The molecule has 0 aromatic carbocycles. The van der Waals surface area contributed by atoms with E-state index in [1.54, 1.807) is 6.92 Å². The van der Waals surface area contributed by atoms with E-state index in [2.05, 4.69) is 4.84 Å². The van der Waals surface area contributed by atoms with E-state index in [0.717, 1.165) is 4.90 Å². The van der Waals surface area contributed by atoms with Crippen LogP contribution in [-0.4, -0.2) is 64.7 Å². The zero-order valence-corrected chi connectivity index (χ0v) is 15.0. The lowest BCUT2D eigenvalue weighted by Gasteiger charge is -2.15. The van der Waals surface area contributed by atoms with Gasteiger partial charge in [0.2, 0.25) is 5.91 Å². The van der Waals surface area contributed by atoms with Crippen LogP contribution in [-0.2, 0) is 38.3 Å². The normalized spacial score (nSPS) is 17.1. The van der Waals surface area contributed by atoms with Crippen molar-refractivity contribution in [1.29, 1.82) is 0 Å². The lowest BCUT2D eigenvalue weighted by molar-refractivity contribution is -0.204. The number of hydroxylamine groups is 2. The molecule has 0 aromatic heterocycles. The van der Waals surface area contributed by atoms with Gasteiger partial charge in [-0.05, 0) is 13.8 Å². The van der Waals surface area contributed by atoms with Crippen LogP contribution >= 0.6 is 0 Å². The van der Waals surface area contributed by atoms with Gasteiger partial charge < -0.3 is 15.3 Å². The lowest BCUT2D eigenvalue weighted by atomic mass is 10.4. The summed E-state index contributed by atoms with van der Waals surface area (Å²) in [7, 11) is 0. The van der Waals surface area contributed by atoms with Gasteiger partial charge in [-0.25, -0.2) is 4.79 Å². The third kappa shape index (κ3) is 6.62. The van der Waals surface area contributed by atoms with Crippen LogP contribution in [0.2, 0.25) is 0 Å². The topological polar surface area (TPSA) is 153 Å². The highest BCUT2D eigenvalue weighted by Gasteiger charge is 2.34. The number of amides is 5. The molecule has 0 saturated carbocycles. The molecule has 1 unspecified atom stereocenters. The Labute approximate surface area is 155 Å². The summed E-state index contributed by atoms with van der Waals surface area (Å²) in [6, 6.07) is 0. The first-order chi connectivity index (χ1) is 12.7. The SMILES string of the molecule is CCOC(C)C(=O)ON1C(=O)CCC1=O.NC(=O)CCN1C(=O)C=CC1=O. The number of hydrogen-bond donors (Lipinski definition) is 1. The van der Waals surface area contributed by atoms with Crippen LogP contribution in [0, 0.1) is 0 Å². The van der Waals surface area contributed by atoms with Crippen molar-refractivity contribution >= 4 is 35.5 Å². The van der Waals surface area contributed by atoms with E-state index in [9.17, 15) is 28.8 Å². The van der Waals surface area contributed by atoms with Gasteiger partial charge in [0.1, 0.15) is 0 Å². The Kier molecular flexibility index (Phi) is 8.27. The van der Waals surface area contributed by atoms with Crippen LogP contribution in [0.25, 0.3) is 0 Å². The van der Waals surface area contributed by atoms with Crippen molar-refractivity contribution < 1.29 is 38.3 Å². The van der Waals surface area contributed by atoms with Gasteiger partial charge in [-0.2, -0.15) is 0 Å². The average Bonchev–Trinajstić information content (AvgIpc) is 3.09. The van der Waals surface area contributed by atoms with Gasteiger partial charge >= 0.3 is 5.97 Å². The van der Waals surface area contributed by atoms with Gasteiger partial charge in [-0.3, -0.25) is 28.9 Å². The Balaban J connectivity index is 0.000000277. The molecule has 11 nitrogen and oxygen atoms in total. The monoisotopic (exact) mass is 383 g/mol. The third-order valence-corrected chi connectivity index (χ3v) is 3.42. The van der Waals surface area contributed by atoms with Gasteiger partial charge in [0, 0.05) is 44.6 Å². The summed E-state index contributed by atoms with van der Waals surface area (Å²) in [6.07, 6.45) is 1.76. The van der Waals surface area contributed by atoms with Crippen LogP contribution in [0.1, 0.15) is 33.1 Å². The molecule has 0 spiro atoms. The van der Waals surface area contributed by atoms with E-state index in [0.29, 0.717) is 11.7 Å². The molecule has 2 heterocycles. The first-order valence-electron chi connectivity index (χ1n) is 8.18. The fourth-order valence-corrected chi connectivity index (χ4v) is 2.01. The van der Waals surface area contributed by atoms with E-state index in [1.165, 1.54) is 19.1 Å². The van der Waals surface area contributed by atoms with Gasteiger partial charge in [0.25, 0.3) is 23.6 Å². The maximum absolute atomic E-state index is 11.3. The largest absolute Gasteiger partial charge is 0.370 e. The molecule has 11 heteroatoms. The molecule has 5 amide bonds. The molecule has 2 aliphatic rings. The molecule has 1 saturated heterocycles. The van der Waals surface area contributed by atoms with Crippen molar-refractivity contribution in [2.45, 2.75) is 39.2 Å². The first kappa shape index (κ1) is 22.0. The standard InChI is InChI=1S/C9H13NO5.C7H8N2O3/c1-3-14-6(2)9(13)15-10-7(11)4-5-8(10)12;8-5(10)3-4-9-6(11)1-2-7(9)12/h6H,3-5H2,1-2H3;1-2H,3-4H2,(H2,8,10). The second kappa shape index (κ2) is 10.2. The minimum absolute atomic E-state index is 0.0131. The van der Waals surface area contributed by atoms with Gasteiger partial charge in [0.05, 0.1) is 0 Å². The maximum atomic E-state index is 11.3. The zero-order valence-electron chi connectivity index (χ0n) is 15.0. The Hall–Kier alpha value is -3.08. The Morgan fingerprint density at radius 3 is 2.07 bits per heavy atom. The molecule has 2 N–H and O–H groups in total. The van der Waals surface area contributed by atoms with Crippen molar-refractivity contribution in [2.75, 3.05) is 13.2 Å². The molecule has 0 aromatic rings. The molecule has 148 valence electrons. The van der Waals surface area contributed by atoms with E-state index >= 15 is 0 Å². The number of imide groups is 2. The summed E-state index contributed by atoms with van der Waals surface area (Å²) in [6.45, 7) is 3.66. The number of primary amides is 1. The van der Waals surface area contributed by atoms with E-state index in [-0.39, 0.29) is 37.6 Å². The number of ether oxygens (including phenoxy) is 1. The van der Waals surface area contributed by atoms with Crippen molar-refractivity contribution in [3.63, 3.8) is 0 Å². The number of carbonyl (C=O) groups is 6. The molecule has 2 aliphatic heterocycles. The molecule has 0 radical (unpaired) electrons. The van der Waals surface area contributed by atoms with Gasteiger partial charge in [-0.15, -0.1) is 5.06 Å². The second-order valence-corrected chi connectivity index (χ2v) is 5.47. The highest BCUT2D eigenvalue weighted by Crippen LogP contribution is 2.13. The molecule has 0 bridgehead atoms. The smallest absolute Gasteiger partial charge is 0.361 e. The van der Waals surface area contributed by atoms with Crippen LogP contribution in [0.3, 0.4) is 0 Å². The molecule has 1 fully saturated rings. The number of nitrogens with two attached hydrogens (primary N) is 1. The summed E-state index contributed by atoms with van der Waals surface area (Å²) in [5.41, 5.74) is 4.85. The van der Waals surface area contributed by atoms with Crippen LogP contribution in [0.15, 0.2) is 12.2 Å². The number of carbonyl (C=O) groups excluding carboxylic acids is 6. The molecule has 2 rings (SSSR count). The third-order valence-electron chi connectivity index (χ3n) is 3.42. The number of nitrogens with zero attached hydrogens (tertiary/aromatic N) is 2. The van der Waals surface area contributed by atoms with Gasteiger partial charge in [0.15, 0.2) is 6.10 Å². The minimum atomic E-state index is -0.781. The van der Waals surface area contributed by atoms with Crippen molar-refractivity contribution in [3.05, 3.63) is 12.2 Å². The molecule has 27 heavy (non-hydrogen) atoms. The fraction of sp³-hybridized carbons (Fsp3) is 0.500. The van der Waals surface area contributed by atoms with Crippen LogP contribution in [0.5, 0.6) is 0 Å².